The van der Waals surface area contributed by atoms with Gasteiger partial charge in [0.2, 0.25) is 0 Å². The van der Waals surface area contributed by atoms with Gasteiger partial charge in [-0.1, -0.05) is 44.6 Å². The summed E-state index contributed by atoms with van der Waals surface area (Å²) in [6.45, 7) is 14.1. The Morgan fingerprint density at radius 3 is 2.50 bits per heavy atom. The molecule has 20 heavy (non-hydrogen) atoms. The van der Waals surface area contributed by atoms with Crippen molar-refractivity contribution in [2.24, 2.45) is 11.8 Å². The van der Waals surface area contributed by atoms with Crippen LogP contribution in [0.4, 0.5) is 0 Å². The van der Waals surface area contributed by atoms with E-state index in [0.717, 1.165) is 5.92 Å². The molecule has 2 aliphatic rings. The summed E-state index contributed by atoms with van der Waals surface area (Å²) in [6, 6.07) is 0. The first-order chi connectivity index (χ1) is 9.22. The molecule has 3 atom stereocenters. The van der Waals surface area contributed by atoms with Gasteiger partial charge in [-0.15, -0.1) is 0 Å². The maximum absolute atomic E-state index is 6.74. The molecule has 0 aliphatic heterocycles. The minimum absolute atomic E-state index is 0.307. The van der Waals surface area contributed by atoms with Gasteiger partial charge in [0.15, 0.2) is 8.32 Å². The van der Waals surface area contributed by atoms with Gasteiger partial charge < -0.3 is 4.43 Å². The largest absolute Gasteiger partial charge is 0.413 e. The summed E-state index contributed by atoms with van der Waals surface area (Å²) < 4.78 is 6.74. The SMILES string of the molecule is C/C1=C/CC/C=C\[C@@H]2[C@@H](O[Si](C)(C)C(C)(C)C)CC[C@H]12. The molecule has 2 heteroatoms. The van der Waals surface area contributed by atoms with Crippen molar-refractivity contribution < 1.29 is 4.43 Å². The third-order valence-electron chi connectivity index (χ3n) is 5.65. The molecule has 0 N–H and O–H groups in total. The first-order valence-electron chi connectivity index (χ1n) is 8.23. The standard InChI is InChI=1S/C18H32OSi/c1-14-10-8-7-9-11-16-15(14)12-13-17(16)19-20(5,6)18(2,3)4/h9-11,15-17H,7-8,12-13H2,1-6H3/b11-9-,14-10-/t15-,16+,17+/m1/s1. The fourth-order valence-electron chi connectivity index (χ4n) is 3.28. The van der Waals surface area contributed by atoms with Crippen LogP contribution < -0.4 is 0 Å². The summed E-state index contributed by atoms with van der Waals surface area (Å²) in [6.07, 6.45) is 12.7. The van der Waals surface area contributed by atoms with Crippen molar-refractivity contribution in [1.82, 2.24) is 0 Å². The van der Waals surface area contributed by atoms with Crippen molar-refractivity contribution in [1.29, 1.82) is 0 Å². The van der Waals surface area contributed by atoms with Crippen LogP contribution in [0.1, 0.15) is 53.4 Å². The Morgan fingerprint density at radius 2 is 1.85 bits per heavy atom. The molecule has 2 rings (SSSR count). The van der Waals surface area contributed by atoms with E-state index in [1.54, 1.807) is 5.57 Å². The number of fused-ring (bicyclic) bond motifs is 1. The lowest BCUT2D eigenvalue weighted by Gasteiger charge is -2.40. The van der Waals surface area contributed by atoms with Crippen LogP contribution in [-0.2, 0) is 4.43 Å². The summed E-state index contributed by atoms with van der Waals surface area (Å²) in [5.74, 6) is 1.34. The van der Waals surface area contributed by atoms with Crippen LogP contribution in [0.2, 0.25) is 18.1 Å². The van der Waals surface area contributed by atoms with Crippen LogP contribution >= 0.6 is 0 Å². The maximum atomic E-state index is 6.74. The Kier molecular flexibility index (Phi) is 4.65. The first kappa shape index (κ1) is 16.0. The van der Waals surface area contributed by atoms with E-state index < -0.39 is 8.32 Å². The quantitative estimate of drug-likeness (QED) is 0.468. The normalized spacial score (nSPS) is 35.7. The van der Waals surface area contributed by atoms with Gasteiger partial charge in [-0.2, -0.15) is 0 Å². The second-order valence-corrected chi connectivity index (χ2v) is 12.9. The monoisotopic (exact) mass is 292 g/mol. The molecule has 0 aromatic heterocycles. The van der Waals surface area contributed by atoms with Crippen LogP contribution in [0.25, 0.3) is 0 Å². The Morgan fingerprint density at radius 1 is 1.15 bits per heavy atom. The first-order valence-corrected chi connectivity index (χ1v) is 11.1. The fourth-order valence-corrected chi connectivity index (χ4v) is 4.67. The molecule has 0 spiro atoms. The Balaban J connectivity index is 2.15. The van der Waals surface area contributed by atoms with Gasteiger partial charge in [-0.3, -0.25) is 0 Å². The van der Waals surface area contributed by atoms with Gasteiger partial charge >= 0.3 is 0 Å². The topological polar surface area (TPSA) is 9.23 Å². The number of rotatable bonds is 2. The molecular weight excluding hydrogens is 260 g/mol. The average Bonchev–Trinajstić information content (AvgIpc) is 2.66. The lowest BCUT2D eigenvalue weighted by Crippen LogP contribution is -2.45. The Bertz CT molecular complexity index is 400. The maximum Gasteiger partial charge on any atom is 0.192 e. The van der Waals surface area contributed by atoms with E-state index in [4.69, 9.17) is 4.43 Å². The Hall–Kier alpha value is -0.343. The second kappa shape index (κ2) is 5.80. The van der Waals surface area contributed by atoms with Crippen LogP contribution in [0, 0.1) is 11.8 Å². The molecule has 0 saturated heterocycles. The van der Waals surface area contributed by atoms with E-state index in [1.807, 2.05) is 0 Å². The van der Waals surface area contributed by atoms with Gasteiger partial charge in [-0.05, 0) is 56.7 Å². The molecule has 1 saturated carbocycles. The highest BCUT2D eigenvalue weighted by molar-refractivity contribution is 6.74. The molecule has 0 amide bonds. The average molecular weight is 293 g/mol. The molecular formula is C18H32OSi. The predicted molar refractivity (Wildman–Crippen MR) is 90.4 cm³/mol. The number of hydrogen-bond donors (Lipinski definition) is 0. The van der Waals surface area contributed by atoms with Gasteiger partial charge in [0, 0.05) is 5.92 Å². The summed E-state index contributed by atoms with van der Waals surface area (Å²) >= 11 is 0. The third kappa shape index (κ3) is 3.28. The zero-order chi connectivity index (χ0) is 15.0. The van der Waals surface area contributed by atoms with E-state index >= 15 is 0 Å². The van der Waals surface area contributed by atoms with Crippen LogP contribution in [0.15, 0.2) is 23.8 Å². The van der Waals surface area contributed by atoms with E-state index in [1.165, 1.54) is 25.7 Å². The van der Waals surface area contributed by atoms with Crippen molar-refractivity contribution in [3.8, 4) is 0 Å². The molecule has 0 radical (unpaired) electrons. The predicted octanol–water partition coefficient (Wildman–Crippen LogP) is 5.70. The molecule has 114 valence electrons. The highest BCUT2D eigenvalue weighted by atomic mass is 28.4. The molecule has 1 nitrogen and oxygen atoms in total. The Labute approximate surface area is 126 Å². The highest BCUT2D eigenvalue weighted by Crippen LogP contribution is 2.45. The van der Waals surface area contributed by atoms with Crippen LogP contribution in [0.5, 0.6) is 0 Å². The molecule has 1 fully saturated rings. The number of hydrogen-bond acceptors (Lipinski definition) is 1. The van der Waals surface area contributed by atoms with Gasteiger partial charge in [0.05, 0.1) is 6.10 Å². The van der Waals surface area contributed by atoms with E-state index in [0.29, 0.717) is 17.1 Å². The number of allylic oxidation sites excluding steroid dienone is 3. The molecule has 0 bridgehead atoms. The lowest BCUT2D eigenvalue weighted by atomic mass is 9.86. The highest BCUT2D eigenvalue weighted by Gasteiger charge is 2.44. The molecule has 0 aromatic carbocycles. The van der Waals surface area contributed by atoms with Gasteiger partial charge in [0.25, 0.3) is 0 Å². The zero-order valence-corrected chi connectivity index (χ0v) is 15.2. The van der Waals surface area contributed by atoms with Crippen LogP contribution in [0.3, 0.4) is 0 Å². The minimum Gasteiger partial charge on any atom is -0.413 e. The summed E-state index contributed by atoms with van der Waals surface area (Å²) in [4.78, 5) is 0. The lowest BCUT2D eigenvalue weighted by molar-refractivity contribution is 0.152. The second-order valence-electron chi connectivity index (χ2n) is 8.13. The molecule has 0 unspecified atom stereocenters. The summed E-state index contributed by atoms with van der Waals surface area (Å²) in [5.41, 5.74) is 1.60. The van der Waals surface area contributed by atoms with Gasteiger partial charge in [0.1, 0.15) is 0 Å². The molecule has 0 aromatic rings. The van der Waals surface area contributed by atoms with Crippen molar-refractivity contribution in [3.63, 3.8) is 0 Å². The van der Waals surface area contributed by atoms with Gasteiger partial charge in [-0.25, -0.2) is 0 Å². The van der Waals surface area contributed by atoms with E-state index in [9.17, 15) is 0 Å². The summed E-state index contributed by atoms with van der Waals surface area (Å²) in [5, 5.41) is 0.307. The molecule has 2 aliphatic carbocycles. The summed E-state index contributed by atoms with van der Waals surface area (Å²) in [7, 11) is -1.65. The fraction of sp³-hybridized carbons (Fsp3) is 0.778. The van der Waals surface area contributed by atoms with Crippen LogP contribution in [-0.4, -0.2) is 14.4 Å². The third-order valence-corrected chi connectivity index (χ3v) is 10.2. The van der Waals surface area contributed by atoms with E-state index in [2.05, 4.69) is 59.0 Å². The smallest absolute Gasteiger partial charge is 0.192 e. The van der Waals surface area contributed by atoms with Crippen molar-refractivity contribution in [2.75, 3.05) is 0 Å². The van der Waals surface area contributed by atoms with Crippen molar-refractivity contribution in [2.45, 2.75) is 77.6 Å². The molecule has 0 heterocycles. The van der Waals surface area contributed by atoms with Crippen molar-refractivity contribution in [3.05, 3.63) is 23.8 Å². The van der Waals surface area contributed by atoms with E-state index in [-0.39, 0.29) is 0 Å². The van der Waals surface area contributed by atoms with Crippen molar-refractivity contribution >= 4 is 8.32 Å². The minimum atomic E-state index is -1.65. The zero-order valence-electron chi connectivity index (χ0n) is 14.2.